The van der Waals surface area contributed by atoms with Crippen molar-refractivity contribution in [3.05, 3.63) is 60.4 Å². The van der Waals surface area contributed by atoms with Crippen molar-refractivity contribution in [1.29, 1.82) is 0 Å². The van der Waals surface area contributed by atoms with Gasteiger partial charge in [0.05, 0.1) is 11.4 Å². The van der Waals surface area contributed by atoms with Crippen LogP contribution in [0.5, 0.6) is 0 Å². The molecule has 0 spiro atoms. The van der Waals surface area contributed by atoms with Gasteiger partial charge < -0.3 is 0 Å². The van der Waals surface area contributed by atoms with E-state index in [0.717, 1.165) is 5.56 Å². The van der Waals surface area contributed by atoms with E-state index < -0.39 is 9.84 Å². The first kappa shape index (κ1) is 15.3. The van der Waals surface area contributed by atoms with Crippen molar-refractivity contribution in [3.63, 3.8) is 0 Å². The van der Waals surface area contributed by atoms with Gasteiger partial charge in [-0.3, -0.25) is 4.98 Å². The molecular weight excluding hydrogens is 314 g/mol. The van der Waals surface area contributed by atoms with Crippen molar-refractivity contribution in [3.8, 4) is 5.69 Å². The molecule has 0 aliphatic carbocycles. The second-order valence-electron chi connectivity index (χ2n) is 5.18. The van der Waals surface area contributed by atoms with Crippen LogP contribution in [0.1, 0.15) is 18.4 Å². The lowest BCUT2D eigenvalue weighted by Gasteiger charge is -2.11. The van der Waals surface area contributed by atoms with Gasteiger partial charge in [-0.25, -0.2) is 8.42 Å². The number of sulfone groups is 1. The number of aromatic nitrogens is 5. The highest BCUT2D eigenvalue weighted by molar-refractivity contribution is 7.91. The van der Waals surface area contributed by atoms with E-state index in [1.165, 1.54) is 4.68 Å². The molecule has 0 N–H and O–H groups in total. The van der Waals surface area contributed by atoms with Crippen LogP contribution in [-0.2, 0) is 9.84 Å². The highest BCUT2D eigenvalue weighted by Gasteiger charge is 2.26. The summed E-state index contributed by atoms with van der Waals surface area (Å²) in [6.45, 7) is 1.84. The summed E-state index contributed by atoms with van der Waals surface area (Å²) in [5, 5.41) is 10.9. The van der Waals surface area contributed by atoms with Crippen LogP contribution in [0.3, 0.4) is 0 Å². The van der Waals surface area contributed by atoms with Crippen molar-refractivity contribution in [2.75, 3.05) is 5.75 Å². The fraction of sp³-hybridized carbons (Fsp3) is 0.200. The fourth-order valence-electron chi connectivity index (χ4n) is 2.27. The molecular formula is C15H15N5O2S. The molecule has 0 aliphatic rings. The zero-order valence-corrected chi connectivity index (χ0v) is 13.3. The molecule has 0 bridgehead atoms. The van der Waals surface area contributed by atoms with Crippen LogP contribution in [-0.4, -0.2) is 39.4 Å². The molecule has 3 rings (SSSR count). The summed E-state index contributed by atoms with van der Waals surface area (Å²) in [6.07, 6.45) is 3.32. The summed E-state index contributed by atoms with van der Waals surface area (Å²) in [5.41, 5.74) is 1.46. The first-order valence-electron chi connectivity index (χ1n) is 7.04. The van der Waals surface area contributed by atoms with Gasteiger partial charge >= 0.3 is 0 Å². The maximum atomic E-state index is 12.7. The van der Waals surface area contributed by atoms with Gasteiger partial charge in [-0.1, -0.05) is 36.3 Å². The van der Waals surface area contributed by atoms with Gasteiger partial charge in [0, 0.05) is 12.4 Å². The molecule has 1 atom stereocenters. The van der Waals surface area contributed by atoms with Crippen molar-refractivity contribution < 1.29 is 8.42 Å². The predicted octanol–water partition coefficient (Wildman–Crippen LogP) is 1.63. The Morgan fingerprint density at radius 2 is 1.91 bits per heavy atom. The lowest BCUT2D eigenvalue weighted by atomic mass is 10.1. The van der Waals surface area contributed by atoms with E-state index >= 15 is 0 Å². The van der Waals surface area contributed by atoms with Crippen molar-refractivity contribution in [2.45, 2.75) is 18.0 Å². The Bertz CT molecular complexity index is 879. The van der Waals surface area contributed by atoms with Crippen LogP contribution in [0.25, 0.3) is 5.69 Å². The Morgan fingerprint density at radius 1 is 1.13 bits per heavy atom. The zero-order chi connectivity index (χ0) is 16.3. The minimum absolute atomic E-state index is 0.0914. The number of tetrazole rings is 1. The molecule has 0 saturated carbocycles. The third kappa shape index (κ3) is 3.26. The molecule has 1 aromatic carbocycles. The SMILES string of the molecule is CC(CS(=O)(=O)c1nnnn1-c1ccccc1)c1cccnc1. The van der Waals surface area contributed by atoms with Crippen molar-refractivity contribution in [2.24, 2.45) is 0 Å². The highest BCUT2D eigenvalue weighted by atomic mass is 32.2. The maximum absolute atomic E-state index is 12.7. The van der Waals surface area contributed by atoms with E-state index in [0.29, 0.717) is 5.69 Å². The molecule has 0 saturated heterocycles. The molecule has 8 heteroatoms. The Morgan fingerprint density at radius 3 is 2.61 bits per heavy atom. The average molecular weight is 329 g/mol. The summed E-state index contributed by atoms with van der Waals surface area (Å²) < 4.78 is 26.6. The van der Waals surface area contributed by atoms with Crippen LogP contribution in [0, 0.1) is 0 Å². The summed E-state index contributed by atoms with van der Waals surface area (Å²) in [4.78, 5) is 4.02. The van der Waals surface area contributed by atoms with E-state index in [-0.39, 0.29) is 16.8 Å². The first-order valence-corrected chi connectivity index (χ1v) is 8.69. The molecule has 0 fully saturated rings. The molecule has 1 unspecified atom stereocenters. The number of benzene rings is 1. The second kappa shape index (κ2) is 6.25. The van der Waals surface area contributed by atoms with Crippen LogP contribution in [0.15, 0.2) is 60.0 Å². The molecule has 2 heterocycles. The molecule has 0 aliphatic heterocycles. The van der Waals surface area contributed by atoms with Gasteiger partial charge in [0.1, 0.15) is 0 Å². The van der Waals surface area contributed by atoms with Crippen LogP contribution >= 0.6 is 0 Å². The number of para-hydroxylation sites is 1. The third-order valence-electron chi connectivity index (χ3n) is 3.44. The van der Waals surface area contributed by atoms with Gasteiger partial charge in [-0.05, 0) is 40.1 Å². The molecule has 0 amide bonds. The van der Waals surface area contributed by atoms with Crippen LogP contribution < -0.4 is 0 Å². The monoisotopic (exact) mass is 329 g/mol. The lowest BCUT2D eigenvalue weighted by Crippen LogP contribution is -2.18. The summed E-state index contributed by atoms with van der Waals surface area (Å²) >= 11 is 0. The molecule has 0 radical (unpaired) electrons. The summed E-state index contributed by atoms with van der Waals surface area (Å²) in [5.74, 6) is -0.305. The third-order valence-corrected chi connectivity index (χ3v) is 5.19. The van der Waals surface area contributed by atoms with E-state index in [9.17, 15) is 8.42 Å². The molecule has 118 valence electrons. The van der Waals surface area contributed by atoms with Crippen LogP contribution in [0.2, 0.25) is 0 Å². The minimum Gasteiger partial charge on any atom is -0.264 e. The standard InChI is InChI=1S/C15H15N5O2S/c1-12(13-6-5-9-16-10-13)11-23(21,22)15-17-18-19-20(15)14-7-3-2-4-8-14/h2-10,12H,11H2,1H3. The highest BCUT2D eigenvalue weighted by Crippen LogP contribution is 2.20. The maximum Gasteiger partial charge on any atom is 0.272 e. The van der Waals surface area contributed by atoms with Gasteiger partial charge in [0.25, 0.3) is 5.16 Å². The van der Waals surface area contributed by atoms with Crippen molar-refractivity contribution >= 4 is 9.84 Å². The Kier molecular flexibility index (Phi) is 4.16. The topological polar surface area (TPSA) is 90.6 Å². The predicted molar refractivity (Wildman–Crippen MR) is 83.9 cm³/mol. The fourth-order valence-corrected chi connectivity index (χ4v) is 3.84. The average Bonchev–Trinajstić information content (AvgIpc) is 3.07. The Labute approximate surface area is 133 Å². The largest absolute Gasteiger partial charge is 0.272 e. The molecule has 7 nitrogen and oxygen atoms in total. The lowest BCUT2D eigenvalue weighted by molar-refractivity contribution is 0.575. The minimum atomic E-state index is -3.64. The quantitative estimate of drug-likeness (QED) is 0.706. The molecule has 23 heavy (non-hydrogen) atoms. The second-order valence-corrected chi connectivity index (χ2v) is 7.11. The molecule has 2 aromatic heterocycles. The number of pyridine rings is 1. The number of hydrogen-bond donors (Lipinski definition) is 0. The number of hydrogen-bond acceptors (Lipinski definition) is 6. The first-order chi connectivity index (χ1) is 11.1. The van der Waals surface area contributed by atoms with E-state index in [2.05, 4.69) is 20.5 Å². The van der Waals surface area contributed by atoms with Gasteiger partial charge in [-0.15, -0.1) is 0 Å². The van der Waals surface area contributed by atoms with E-state index in [1.54, 1.807) is 42.7 Å². The van der Waals surface area contributed by atoms with E-state index in [4.69, 9.17) is 0 Å². The normalized spacial score (nSPS) is 12.9. The number of nitrogens with zero attached hydrogens (tertiary/aromatic N) is 5. The molecule has 3 aromatic rings. The zero-order valence-electron chi connectivity index (χ0n) is 12.4. The van der Waals surface area contributed by atoms with E-state index in [1.807, 2.05) is 19.1 Å². The van der Waals surface area contributed by atoms with Crippen molar-refractivity contribution in [1.82, 2.24) is 25.2 Å². The van der Waals surface area contributed by atoms with Gasteiger partial charge in [-0.2, -0.15) is 4.68 Å². The number of rotatable bonds is 5. The smallest absolute Gasteiger partial charge is 0.264 e. The Hall–Kier alpha value is -2.61. The summed E-state index contributed by atoms with van der Waals surface area (Å²) in [6, 6.07) is 12.6. The van der Waals surface area contributed by atoms with Gasteiger partial charge in [0.15, 0.2) is 0 Å². The van der Waals surface area contributed by atoms with Gasteiger partial charge in [0.2, 0.25) is 9.84 Å². The summed E-state index contributed by atoms with van der Waals surface area (Å²) in [7, 11) is -3.64. The van der Waals surface area contributed by atoms with Crippen LogP contribution in [0.4, 0.5) is 0 Å². The Balaban J connectivity index is 1.91.